The number of hydrogen-bond donors (Lipinski definition) is 1. The Kier molecular flexibility index (Phi) is 7.69. The Labute approximate surface area is 166 Å². The van der Waals surface area contributed by atoms with E-state index in [1.807, 2.05) is 57.2 Å². The highest BCUT2D eigenvalue weighted by atomic mass is 35.5. The Balaban J connectivity index is 1.77. The first-order chi connectivity index (χ1) is 12.9. The molecule has 27 heavy (non-hydrogen) atoms. The highest BCUT2D eigenvalue weighted by molar-refractivity contribution is 6.32. The number of amides is 1. The lowest BCUT2D eigenvalue weighted by Gasteiger charge is -2.12. The zero-order chi connectivity index (χ0) is 19.8. The topological polar surface area (TPSA) is 62.1 Å². The SMILES string of the molecule is Cc1ccc(CNC(=O)C(C#N)CCCOc2cc(C)c(Cl)c(C)c2)cc1. The molecular formula is C22H25ClN2O2. The molecule has 2 aromatic rings. The molecule has 0 aromatic heterocycles. The van der Waals surface area contributed by atoms with Gasteiger partial charge in [-0.15, -0.1) is 0 Å². The van der Waals surface area contributed by atoms with Crippen LogP contribution in [0.2, 0.25) is 5.02 Å². The van der Waals surface area contributed by atoms with E-state index in [-0.39, 0.29) is 5.91 Å². The second-order valence-electron chi connectivity index (χ2n) is 6.75. The molecule has 0 fully saturated rings. The second-order valence-corrected chi connectivity index (χ2v) is 7.12. The summed E-state index contributed by atoms with van der Waals surface area (Å²) in [6.07, 6.45) is 1.08. The highest BCUT2D eigenvalue weighted by Crippen LogP contribution is 2.26. The number of nitrogens with one attached hydrogen (secondary N) is 1. The molecule has 1 atom stereocenters. The van der Waals surface area contributed by atoms with Crippen LogP contribution in [0.1, 0.15) is 35.1 Å². The number of carbonyl (C=O) groups is 1. The van der Waals surface area contributed by atoms with Crippen molar-refractivity contribution in [2.45, 2.75) is 40.2 Å². The minimum absolute atomic E-state index is 0.240. The van der Waals surface area contributed by atoms with Gasteiger partial charge in [0.05, 0.1) is 12.7 Å². The van der Waals surface area contributed by atoms with Crippen molar-refractivity contribution < 1.29 is 9.53 Å². The normalized spacial score (nSPS) is 11.5. The Bertz CT molecular complexity index is 802. The van der Waals surface area contributed by atoms with Gasteiger partial charge in [-0.3, -0.25) is 4.79 Å². The number of carbonyl (C=O) groups excluding carboxylic acids is 1. The van der Waals surface area contributed by atoms with E-state index in [1.165, 1.54) is 5.56 Å². The lowest BCUT2D eigenvalue weighted by atomic mass is 10.0. The van der Waals surface area contributed by atoms with E-state index in [9.17, 15) is 10.1 Å². The molecule has 0 radical (unpaired) electrons. The summed E-state index contributed by atoms with van der Waals surface area (Å²) in [7, 11) is 0. The quantitative estimate of drug-likeness (QED) is 0.659. The standard InChI is InChI=1S/C22H25ClN2O2/c1-15-6-8-18(9-7-15)14-25-22(26)19(13-24)5-4-10-27-20-11-16(2)21(23)17(3)12-20/h6-9,11-12,19H,4-5,10,14H2,1-3H3,(H,25,26). The first-order valence-corrected chi connectivity index (χ1v) is 9.41. The number of benzene rings is 2. The maximum atomic E-state index is 12.2. The van der Waals surface area contributed by atoms with E-state index < -0.39 is 5.92 Å². The minimum Gasteiger partial charge on any atom is -0.494 e. The van der Waals surface area contributed by atoms with Crippen molar-refractivity contribution in [1.82, 2.24) is 5.32 Å². The van der Waals surface area contributed by atoms with Crippen LogP contribution in [0.25, 0.3) is 0 Å². The molecule has 0 heterocycles. The Morgan fingerprint density at radius 2 is 1.81 bits per heavy atom. The van der Waals surface area contributed by atoms with Gasteiger partial charge in [0.25, 0.3) is 0 Å². The third kappa shape index (κ3) is 6.30. The van der Waals surface area contributed by atoms with Gasteiger partial charge in [-0.25, -0.2) is 0 Å². The maximum absolute atomic E-state index is 12.2. The van der Waals surface area contributed by atoms with E-state index in [0.29, 0.717) is 26.0 Å². The van der Waals surface area contributed by atoms with Crippen molar-refractivity contribution in [2.75, 3.05) is 6.61 Å². The van der Waals surface area contributed by atoms with Gasteiger partial charge in [0, 0.05) is 11.6 Å². The summed E-state index contributed by atoms with van der Waals surface area (Å²) in [5.74, 6) is -0.157. The van der Waals surface area contributed by atoms with Gasteiger partial charge in [0.1, 0.15) is 11.7 Å². The molecule has 2 aromatic carbocycles. The van der Waals surface area contributed by atoms with Crippen LogP contribution in [-0.4, -0.2) is 12.5 Å². The summed E-state index contributed by atoms with van der Waals surface area (Å²) in [6, 6.07) is 13.8. The fourth-order valence-corrected chi connectivity index (χ4v) is 2.85. The van der Waals surface area contributed by atoms with Gasteiger partial charge in [-0.05, 0) is 62.4 Å². The van der Waals surface area contributed by atoms with Gasteiger partial charge in [-0.1, -0.05) is 41.4 Å². The second kappa shape index (κ2) is 9.99. The molecule has 0 bridgehead atoms. The molecule has 0 aliphatic carbocycles. The number of nitrogens with zero attached hydrogens (tertiary/aromatic N) is 1. The summed E-state index contributed by atoms with van der Waals surface area (Å²) >= 11 is 6.15. The van der Waals surface area contributed by atoms with E-state index in [4.69, 9.17) is 16.3 Å². The van der Waals surface area contributed by atoms with Crippen LogP contribution in [0, 0.1) is 38.0 Å². The summed E-state index contributed by atoms with van der Waals surface area (Å²) < 4.78 is 5.74. The number of halogens is 1. The van der Waals surface area contributed by atoms with E-state index >= 15 is 0 Å². The Morgan fingerprint density at radius 3 is 2.41 bits per heavy atom. The summed E-state index contributed by atoms with van der Waals surface area (Å²) in [5.41, 5.74) is 4.13. The van der Waals surface area contributed by atoms with Crippen LogP contribution < -0.4 is 10.1 Å². The minimum atomic E-state index is -0.673. The molecule has 0 spiro atoms. The average molecular weight is 385 g/mol. The van der Waals surface area contributed by atoms with Gasteiger partial charge in [0.2, 0.25) is 5.91 Å². The van der Waals surface area contributed by atoms with Crippen LogP contribution in [0.15, 0.2) is 36.4 Å². The zero-order valence-corrected chi connectivity index (χ0v) is 16.8. The average Bonchev–Trinajstić information content (AvgIpc) is 2.65. The smallest absolute Gasteiger partial charge is 0.237 e. The predicted octanol–water partition coefficient (Wildman–Crippen LogP) is 4.88. The van der Waals surface area contributed by atoms with Crippen LogP contribution in [0.4, 0.5) is 0 Å². The monoisotopic (exact) mass is 384 g/mol. The number of ether oxygens (including phenoxy) is 1. The van der Waals surface area contributed by atoms with Crippen LogP contribution in [0.3, 0.4) is 0 Å². The van der Waals surface area contributed by atoms with Crippen molar-refractivity contribution in [3.05, 3.63) is 63.7 Å². The van der Waals surface area contributed by atoms with Crippen LogP contribution >= 0.6 is 11.6 Å². The highest BCUT2D eigenvalue weighted by Gasteiger charge is 2.17. The summed E-state index contributed by atoms with van der Waals surface area (Å²) in [5, 5.41) is 12.9. The van der Waals surface area contributed by atoms with Crippen molar-refractivity contribution in [3.8, 4) is 11.8 Å². The number of rotatable bonds is 8. The van der Waals surface area contributed by atoms with E-state index in [2.05, 4.69) is 11.4 Å². The predicted molar refractivity (Wildman–Crippen MR) is 108 cm³/mol. The van der Waals surface area contributed by atoms with Crippen molar-refractivity contribution in [2.24, 2.45) is 5.92 Å². The molecule has 1 N–H and O–H groups in total. The maximum Gasteiger partial charge on any atom is 0.237 e. The van der Waals surface area contributed by atoms with Crippen molar-refractivity contribution >= 4 is 17.5 Å². The van der Waals surface area contributed by atoms with Gasteiger partial charge in [0.15, 0.2) is 0 Å². The Morgan fingerprint density at radius 1 is 1.19 bits per heavy atom. The zero-order valence-electron chi connectivity index (χ0n) is 16.0. The van der Waals surface area contributed by atoms with E-state index in [0.717, 1.165) is 27.5 Å². The lowest BCUT2D eigenvalue weighted by Crippen LogP contribution is -2.29. The summed E-state index contributed by atoms with van der Waals surface area (Å²) in [4.78, 5) is 12.2. The number of nitriles is 1. The molecule has 1 amide bonds. The number of aryl methyl sites for hydroxylation is 3. The molecule has 0 aliphatic heterocycles. The molecule has 1 unspecified atom stereocenters. The number of hydrogen-bond acceptors (Lipinski definition) is 3. The molecule has 2 rings (SSSR count). The van der Waals surface area contributed by atoms with Crippen LogP contribution in [-0.2, 0) is 11.3 Å². The molecule has 0 aliphatic rings. The van der Waals surface area contributed by atoms with Gasteiger partial charge in [-0.2, -0.15) is 5.26 Å². The summed E-state index contributed by atoms with van der Waals surface area (Å²) in [6.45, 7) is 6.77. The first kappa shape index (κ1) is 20.8. The third-order valence-electron chi connectivity index (χ3n) is 4.38. The molecule has 5 heteroatoms. The molecular weight excluding hydrogens is 360 g/mol. The molecule has 0 saturated carbocycles. The fourth-order valence-electron chi connectivity index (χ4n) is 2.74. The molecule has 142 valence electrons. The third-order valence-corrected chi connectivity index (χ3v) is 4.97. The van der Waals surface area contributed by atoms with Gasteiger partial charge >= 0.3 is 0 Å². The van der Waals surface area contributed by atoms with Gasteiger partial charge < -0.3 is 10.1 Å². The lowest BCUT2D eigenvalue weighted by molar-refractivity contribution is -0.123. The largest absolute Gasteiger partial charge is 0.494 e. The van der Waals surface area contributed by atoms with Crippen molar-refractivity contribution in [3.63, 3.8) is 0 Å². The first-order valence-electron chi connectivity index (χ1n) is 9.03. The Hall–Kier alpha value is -2.51. The van der Waals surface area contributed by atoms with Crippen LogP contribution in [0.5, 0.6) is 5.75 Å². The molecule has 4 nitrogen and oxygen atoms in total. The van der Waals surface area contributed by atoms with E-state index in [1.54, 1.807) is 0 Å². The molecule has 0 saturated heterocycles. The van der Waals surface area contributed by atoms with Crippen molar-refractivity contribution in [1.29, 1.82) is 5.26 Å². The fraction of sp³-hybridized carbons (Fsp3) is 0.364.